The number of rotatable bonds is 8. The third kappa shape index (κ3) is 5.84. The molecule has 0 spiro atoms. The van der Waals surface area contributed by atoms with E-state index in [-0.39, 0.29) is 18.0 Å². The van der Waals surface area contributed by atoms with Gasteiger partial charge in [0.1, 0.15) is 17.3 Å². The Morgan fingerprint density at radius 3 is 2.57 bits per heavy atom. The lowest BCUT2D eigenvalue weighted by Crippen LogP contribution is -2.15. The van der Waals surface area contributed by atoms with Gasteiger partial charge < -0.3 is 19.8 Å². The molecule has 3 aromatic rings. The summed E-state index contributed by atoms with van der Waals surface area (Å²) in [7, 11) is 0. The molecule has 2 aromatic carbocycles. The minimum Gasteiger partial charge on any atom is -0.494 e. The summed E-state index contributed by atoms with van der Waals surface area (Å²) in [4.78, 5) is 24.4. The molecule has 0 atom stereocenters. The Morgan fingerprint density at radius 2 is 1.87 bits per heavy atom. The topological polar surface area (TPSA) is 80.6 Å². The van der Waals surface area contributed by atoms with Crippen LogP contribution in [0.15, 0.2) is 59.2 Å². The van der Waals surface area contributed by atoms with E-state index in [2.05, 4.69) is 10.6 Å². The van der Waals surface area contributed by atoms with Crippen LogP contribution in [-0.2, 0) is 4.79 Å². The molecule has 2 N–H and O–H groups in total. The molecule has 0 bridgehead atoms. The summed E-state index contributed by atoms with van der Waals surface area (Å²) in [5, 5.41) is 5.80. The molecule has 2 amide bonds. The van der Waals surface area contributed by atoms with E-state index >= 15 is 0 Å². The van der Waals surface area contributed by atoms with Crippen LogP contribution in [0.1, 0.15) is 29.0 Å². The third-order valence-electron chi connectivity index (χ3n) is 4.23. The van der Waals surface area contributed by atoms with Crippen molar-refractivity contribution in [2.45, 2.75) is 19.8 Å². The van der Waals surface area contributed by atoms with E-state index in [0.717, 1.165) is 0 Å². The molecular weight excluding hydrogens is 411 g/mol. The molecule has 156 valence electrons. The zero-order valence-corrected chi connectivity index (χ0v) is 17.0. The predicted molar refractivity (Wildman–Crippen MR) is 113 cm³/mol. The summed E-state index contributed by atoms with van der Waals surface area (Å²) in [6, 6.07) is 12.4. The first-order valence-corrected chi connectivity index (χ1v) is 9.63. The molecule has 0 aliphatic heterocycles. The highest BCUT2D eigenvalue weighted by Crippen LogP contribution is 2.22. The molecule has 0 saturated heterocycles. The number of carbonyl (C=O) groups is 2. The average molecular weight is 431 g/mol. The maximum absolute atomic E-state index is 14.1. The standard InChI is InChI=1S/C22H20ClFN2O4/c1-14-18(10-12-29-14)22(28)26-20-13-16(6-9-19(20)24)25-21(27)3-2-11-30-17-7-4-15(23)5-8-17/h4-10,12-13H,2-3,11H2,1H3,(H,25,27)(H,26,28). The number of halogens is 2. The lowest BCUT2D eigenvalue weighted by molar-refractivity contribution is -0.116. The molecule has 0 fully saturated rings. The summed E-state index contributed by atoms with van der Waals surface area (Å²) in [6.45, 7) is 2.00. The van der Waals surface area contributed by atoms with Crippen LogP contribution in [0.5, 0.6) is 5.75 Å². The Morgan fingerprint density at radius 1 is 1.10 bits per heavy atom. The Kier molecular flexibility index (Phi) is 7.08. The molecule has 8 heteroatoms. The number of hydrogen-bond donors (Lipinski definition) is 2. The summed E-state index contributed by atoms with van der Waals surface area (Å²) in [6.07, 6.45) is 2.10. The summed E-state index contributed by atoms with van der Waals surface area (Å²) in [5.74, 6) is -0.254. The van der Waals surface area contributed by atoms with E-state index in [1.165, 1.54) is 30.5 Å². The van der Waals surface area contributed by atoms with Crippen LogP contribution in [0.4, 0.5) is 15.8 Å². The maximum atomic E-state index is 14.1. The Labute approximate surface area is 178 Å². The molecule has 0 aliphatic carbocycles. The number of benzene rings is 2. The normalized spacial score (nSPS) is 10.5. The second-order valence-electron chi connectivity index (χ2n) is 6.49. The van der Waals surface area contributed by atoms with Crippen LogP contribution in [-0.4, -0.2) is 18.4 Å². The molecule has 0 unspecified atom stereocenters. The van der Waals surface area contributed by atoms with Crippen molar-refractivity contribution in [2.24, 2.45) is 0 Å². The van der Waals surface area contributed by atoms with Gasteiger partial charge in [0.25, 0.3) is 5.91 Å². The van der Waals surface area contributed by atoms with Gasteiger partial charge >= 0.3 is 0 Å². The third-order valence-corrected chi connectivity index (χ3v) is 4.48. The lowest BCUT2D eigenvalue weighted by atomic mass is 10.2. The Balaban J connectivity index is 1.50. The van der Waals surface area contributed by atoms with Crippen molar-refractivity contribution >= 4 is 34.8 Å². The second-order valence-corrected chi connectivity index (χ2v) is 6.93. The van der Waals surface area contributed by atoms with Crippen molar-refractivity contribution in [1.82, 2.24) is 0 Å². The minimum absolute atomic E-state index is 0.0375. The number of carbonyl (C=O) groups excluding carboxylic acids is 2. The number of anilines is 2. The zero-order valence-electron chi connectivity index (χ0n) is 16.2. The smallest absolute Gasteiger partial charge is 0.259 e. The van der Waals surface area contributed by atoms with Crippen LogP contribution in [0.25, 0.3) is 0 Å². The van der Waals surface area contributed by atoms with Gasteiger partial charge in [-0.1, -0.05) is 11.6 Å². The monoisotopic (exact) mass is 430 g/mol. The minimum atomic E-state index is -0.612. The quantitative estimate of drug-likeness (QED) is 0.467. The van der Waals surface area contributed by atoms with Crippen LogP contribution in [0.2, 0.25) is 5.02 Å². The van der Waals surface area contributed by atoms with E-state index in [0.29, 0.717) is 40.8 Å². The van der Waals surface area contributed by atoms with Gasteiger partial charge in [0, 0.05) is 17.1 Å². The van der Waals surface area contributed by atoms with Crippen LogP contribution in [0.3, 0.4) is 0 Å². The summed E-state index contributed by atoms with van der Waals surface area (Å²) < 4.78 is 24.7. The molecule has 1 aromatic heterocycles. The Hall–Kier alpha value is -3.32. The number of hydrogen-bond acceptors (Lipinski definition) is 4. The second kappa shape index (κ2) is 9.93. The zero-order chi connectivity index (χ0) is 21.5. The SMILES string of the molecule is Cc1occc1C(=O)Nc1cc(NC(=O)CCCOc2ccc(Cl)cc2)ccc1F. The van der Waals surface area contributed by atoms with Crippen molar-refractivity contribution in [2.75, 3.05) is 17.2 Å². The van der Waals surface area contributed by atoms with Crippen molar-refractivity contribution in [3.8, 4) is 5.75 Å². The van der Waals surface area contributed by atoms with E-state index in [1.54, 1.807) is 31.2 Å². The predicted octanol–water partition coefficient (Wildman–Crippen LogP) is 5.43. The summed E-state index contributed by atoms with van der Waals surface area (Å²) >= 11 is 5.81. The number of amides is 2. The van der Waals surface area contributed by atoms with Crippen molar-refractivity contribution in [3.05, 3.63) is 77.0 Å². The number of aryl methyl sites for hydroxylation is 1. The van der Waals surface area contributed by atoms with Crippen molar-refractivity contribution in [1.29, 1.82) is 0 Å². The molecule has 0 aliphatic rings. The fraction of sp³-hybridized carbons (Fsp3) is 0.182. The lowest BCUT2D eigenvalue weighted by Gasteiger charge is -2.10. The number of ether oxygens (including phenoxy) is 1. The molecule has 1 heterocycles. The largest absolute Gasteiger partial charge is 0.494 e. The molecular formula is C22H20ClFN2O4. The first-order valence-electron chi connectivity index (χ1n) is 9.25. The van der Waals surface area contributed by atoms with Gasteiger partial charge in [-0.2, -0.15) is 0 Å². The van der Waals surface area contributed by atoms with E-state index in [4.69, 9.17) is 20.8 Å². The first-order chi connectivity index (χ1) is 14.4. The highest BCUT2D eigenvalue weighted by Gasteiger charge is 2.14. The van der Waals surface area contributed by atoms with Crippen LogP contribution in [0, 0.1) is 12.7 Å². The molecule has 30 heavy (non-hydrogen) atoms. The van der Waals surface area contributed by atoms with E-state index in [1.807, 2.05) is 0 Å². The van der Waals surface area contributed by atoms with Gasteiger partial charge in [-0.25, -0.2) is 4.39 Å². The fourth-order valence-electron chi connectivity index (χ4n) is 2.69. The molecule has 0 radical (unpaired) electrons. The highest BCUT2D eigenvalue weighted by atomic mass is 35.5. The van der Waals surface area contributed by atoms with E-state index in [9.17, 15) is 14.0 Å². The Bertz CT molecular complexity index is 1030. The van der Waals surface area contributed by atoms with Crippen molar-refractivity contribution in [3.63, 3.8) is 0 Å². The van der Waals surface area contributed by atoms with Gasteiger partial charge in [0.15, 0.2) is 0 Å². The maximum Gasteiger partial charge on any atom is 0.259 e. The fourth-order valence-corrected chi connectivity index (χ4v) is 2.81. The van der Waals surface area contributed by atoms with Gasteiger partial charge in [0.05, 0.1) is 24.1 Å². The van der Waals surface area contributed by atoms with Gasteiger partial charge in [-0.05, 0) is 61.9 Å². The number of furan rings is 1. The van der Waals surface area contributed by atoms with Gasteiger partial charge in [0.2, 0.25) is 5.91 Å². The average Bonchev–Trinajstić information content (AvgIpc) is 3.15. The van der Waals surface area contributed by atoms with Gasteiger partial charge in [-0.3, -0.25) is 9.59 Å². The van der Waals surface area contributed by atoms with Crippen molar-refractivity contribution < 1.29 is 23.1 Å². The van der Waals surface area contributed by atoms with Crippen LogP contribution >= 0.6 is 11.6 Å². The van der Waals surface area contributed by atoms with Gasteiger partial charge in [-0.15, -0.1) is 0 Å². The molecule has 3 rings (SSSR count). The van der Waals surface area contributed by atoms with Crippen LogP contribution < -0.4 is 15.4 Å². The molecule has 0 saturated carbocycles. The molecule has 6 nitrogen and oxygen atoms in total. The highest BCUT2D eigenvalue weighted by molar-refractivity contribution is 6.30. The van der Waals surface area contributed by atoms with E-state index < -0.39 is 11.7 Å². The number of nitrogens with one attached hydrogen (secondary N) is 2. The summed E-state index contributed by atoms with van der Waals surface area (Å²) in [5.41, 5.74) is 0.647. The first kappa shape index (κ1) is 21.4.